The molecule has 0 saturated carbocycles. The van der Waals surface area contributed by atoms with Crippen LogP contribution >= 0.6 is 0 Å². The molecule has 178 valence electrons. The van der Waals surface area contributed by atoms with E-state index in [9.17, 15) is 9.59 Å². The summed E-state index contributed by atoms with van der Waals surface area (Å²) in [5.41, 5.74) is 4.59. The number of carbonyl (C=O) groups is 2. The van der Waals surface area contributed by atoms with Crippen molar-refractivity contribution in [3.8, 4) is 11.1 Å². The van der Waals surface area contributed by atoms with E-state index >= 15 is 0 Å². The average Bonchev–Trinajstić information content (AvgIpc) is 3.27. The van der Waals surface area contributed by atoms with E-state index in [4.69, 9.17) is 4.74 Å². The molecule has 8 heteroatoms. The molecule has 0 saturated heterocycles. The van der Waals surface area contributed by atoms with Gasteiger partial charge in [-0.15, -0.1) is 0 Å². The molecule has 2 aromatic carbocycles. The number of nitrogens with one attached hydrogen (secondary N) is 3. The van der Waals surface area contributed by atoms with E-state index in [0.717, 1.165) is 22.1 Å². The van der Waals surface area contributed by atoms with Crippen LogP contribution in [0.3, 0.4) is 0 Å². The summed E-state index contributed by atoms with van der Waals surface area (Å²) in [6, 6.07) is 18.9. The standard InChI is InChI=1S/C27H27N5O3/c1-32(2)13-7-12-25(33)30-21-11-6-10-20(14-21)24-17-29-26-23(24)15-22(16-28-26)31-27(34)35-18-19-8-4-3-5-9-19/h3-12,14-17H,13,18H2,1-2H3,(H,28,29)(H,30,33)(H,31,34). The zero-order chi connectivity index (χ0) is 24.6. The number of H-pyrrole nitrogens is 1. The van der Waals surface area contributed by atoms with Crippen molar-refractivity contribution in [2.45, 2.75) is 6.61 Å². The molecule has 0 radical (unpaired) electrons. The van der Waals surface area contributed by atoms with E-state index in [2.05, 4.69) is 20.6 Å². The maximum atomic E-state index is 12.3. The number of nitrogens with zero attached hydrogens (tertiary/aromatic N) is 2. The molecule has 35 heavy (non-hydrogen) atoms. The third-order valence-corrected chi connectivity index (χ3v) is 5.17. The van der Waals surface area contributed by atoms with Crippen LogP contribution in [-0.4, -0.2) is 47.5 Å². The Hall–Kier alpha value is -4.43. The van der Waals surface area contributed by atoms with Crippen LogP contribution in [-0.2, 0) is 16.1 Å². The smallest absolute Gasteiger partial charge is 0.412 e. The number of amides is 2. The Morgan fingerprint density at radius 2 is 1.86 bits per heavy atom. The van der Waals surface area contributed by atoms with Crippen molar-refractivity contribution in [2.75, 3.05) is 31.3 Å². The minimum atomic E-state index is -0.556. The second-order valence-electron chi connectivity index (χ2n) is 8.24. The van der Waals surface area contributed by atoms with Gasteiger partial charge in [0.1, 0.15) is 12.3 Å². The number of pyridine rings is 1. The van der Waals surface area contributed by atoms with Crippen LogP contribution < -0.4 is 10.6 Å². The van der Waals surface area contributed by atoms with Crippen LogP contribution in [0.2, 0.25) is 0 Å². The van der Waals surface area contributed by atoms with Crippen molar-refractivity contribution in [1.29, 1.82) is 0 Å². The van der Waals surface area contributed by atoms with Crippen LogP contribution in [0.25, 0.3) is 22.2 Å². The molecule has 2 amide bonds. The SMILES string of the molecule is CN(C)CC=CC(=O)Nc1cccc(-c2c[nH]c3ncc(NC(=O)OCc4ccccc4)cc23)c1. The predicted molar refractivity (Wildman–Crippen MR) is 138 cm³/mol. The second kappa shape index (κ2) is 11.1. The lowest BCUT2D eigenvalue weighted by molar-refractivity contribution is -0.111. The highest BCUT2D eigenvalue weighted by Crippen LogP contribution is 2.31. The number of carbonyl (C=O) groups excluding carboxylic acids is 2. The highest BCUT2D eigenvalue weighted by Gasteiger charge is 2.11. The fourth-order valence-corrected chi connectivity index (χ4v) is 3.51. The maximum Gasteiger partial charge on any atom is 0.412 e. The molecular weight excluding hydrogens is 442 g/mol. The highest BCUT2D eigenvalue weighted by atomic mass is 16.5. The predicted octanol–water partition coefficient (Wildman–Crippen LogP) is 5.03. The van der Waals surface area contributed by atoms with Gasteiger partial charge in [-0.1, -0.05) is 48.5 Å². The molecule has 8 nitrogen and oxygen atoms in total. The lowest BCUT2D eigenvalue weighted by atomic mass is 10.0. The number of hydrogen-bond acceptors (Lipinski definition) is 5. The molecule has 0 fully saturated rings. The lowest BCUT2D eigenvalue weighted by Gasteiger charge is -2.08. The first kappa shape index (κ1) is 23.7. The molecule has 0 atom stereocenters. The molecule has 4 rings (SSSR count). The minimum Gasteiger partial charge on any atom is -0.444 e. The second-order valence-corrected chi connectivity index (χ2v) is 8.24. The Bertz CT molecular complexity index is 1350. The van der Waals surface area contributed by atoms with Gasteiger partial charge in [0.2, 0.25) is 5.91 Å². The molecule has 4 aromatic rings. The Kier molecular flexibility index (Phi) is 7.54. The Balaban J connectivity index is 1.46. The zero-order valence-corrected chi connectivity index (χ0v) is 19.6. The van der Waals surface area contributed by atoms with E-state index < -0.39 is 6.09 Å². The van der Waals surface area contributed by atoms with Crippen LogP contribution in [0.15, 0.2) is 85.2 Å². The van der Waals surface area contributed by atoms with Crippen LogP contribution in [0, 0.1) is 0 Å². The fraction of sp³-hybridized carbons (Fsp3) is 0.148. The quantitative estimate of drug-likeness (QED) is 0.314. The van der Waals surface area contributed by atoms with Crippen LogP contribution in [0.5, 0.6) is 0 Å². The fourth-order valence-electron chi connectivity index (χ4n) is 3.51. The molecule has 3 N–H and O–H groups in total. The van der Waals surface area contributed by atoms with Crippen molar-refractivity contribution < 1.29 is 14.3 Å². The molecule has 2 heterocycles. The van der Waals surface area contributed by atoms with E-state index in [1.165, 1.54) is 6.08 Å². The van der Waals surface area contributed by atoms with E-state index in [1.807, 2.05) is 91.9 Å². The van der Waals surface area contributed by atoms with E-state index in [0.29, 0.717) is 23.6 Å². The number of rotatable bonds is 8. The molecule has 0 aliphatic heterocycles. The maximum absolute atomic E-state index is 12.3. The monoisotopic (exact) mass is 469 g/mol. The Morgan fingerprint density at radius 1 is 1.03 bits per heavy atom. The first-order chi connectivity index (χ1) is 17.0. The van der Waals surface area contributed by atoms with Gasteiger partial charge >= 0.3 is 6.09 Å². The van der Waals surface area contributed by atoms with Gasteiger partial charge in [0, 0.05) is 35.5 Å². The highest BCUT2D eigenvalue weighted by molar-refractivity contribution is 6.01. The summed E-state index contributed by atoms with van der Waals surface area (Å²) in [6.07, 6.45) is 6.20. The molecular formula is C27H27N5O3. The average molecular weight is 470 g/mol. The summed E-state index contributed by atoms with van der Waals surface area (Å²) < 4.78 is 5.30. The number of aromatic nitrogens is 2. The van der Waals surface area contributed by atoms with Crippen molar-refractivity contribution in [3.63, 3.8) is 0 Å². The normalized spacial score (nSPS) is 11.2. The Morgan fingerprint density at radius 3 is 2.66 bits per heavy atom. The first-order valence-corrected chi connectivity index (χ1v) is 11.2. The van der Waals surface area contributed by atoms with Gasteiger partial charge in [-0.25, -0.2) is 9.78 Å². The van der Waals surface area contributed by atoms with Crippen molar-refractivity contribution in [2.24, 2.45) is 0 Å². The van der Waals surface area contributed by atoms with Gasteiger partial charge in [-0.05, 0) is 43.4 Å². The van der Waals surface area contributed by atoms with Crippen molar-refractivity contribution in [1.82, 2.24) is 14.9 Å². The molecule has 0 bridgehead atoms. The van der Waals surface area contributed by atoms with Crippen molar-refractivity contribution >= 4 is 34.4 Å². The first-order valence-electron chi connectivity index (χ1n) is 11.2. The zero-order valence-electron chi connectivity index (χ0n) is 19.6. The number of benzene rings is 2. The molecule has 0 aliphatic carbocycles. The largest absolute Gasteiger partial charge is 0.444 e. The summed E-state index contributed by atoms with van der Waals surface area (Å²) in [5.74, 6) is -0.190. The van der Waals surface area contributed by atoms with Crippen LogP contribution in [0.4, 0.5) is 16.2 Å². The number of ether oxygens (including phenoxy) is 1. The molecule has 2 aromatic heterocycles. The summed E-state index contributed by atoms with van der Waals surface area (Å²) >= 11 is 0. The number of aromatic amines is 1. The summed E-state index contributed by atoms with van der Waals surface area (Å²) in [5, 5.41) is 6.45. The Labute approximate surface area is 203 Å². The van der Waals surface area contributed by atoms with E-state index in [1.54, 1.807) is 6.20 Å². The van der Waals surface area contributed by atoms with Gasteiger partial charge in [0.15, 0.2) is 0 Å². The minimum absolute atomic E-state index is 0.181. The summed E-state index contributed by atoms with van der Waals surface area (Å²) in [6.45, 7) is 0.868. The summed E-state index contributed by atoms with van der Waals surface area (Å²) in [4.78, 5) is 34.0. The molecule has 0 spiro atoms. The number of likely N-dealkylation sites (N-methyl/N-ethyl adjacent to an activating group) is 1. The lowest BCUT2D eigenvalue weighted by Crippen LogP contribution is -2.13. The number of fused-ring (bicyclic) bond motifs is 1. The molecule has 0 unspecified atom stereocenters. The van der Waals surface area contributed by atoms with Crippen LogP contribution in [0.1, 0.15) is 5.56 Å². The van der Waals surface area contributed by atoms with Gasteiger partial charge in [-0.3, -0.25) is 10.1 Å². The summed E-state index contributed by atoms with van der Waals surface area (Å²) in [7, 11) is 3.88. The third kappa shape index (κ3) is 6.55. The number of hydrogen-bond donors (Lipinski definition) is 3. The van der Waals surface area contributed by atoms with Gasteiger partial charge in [0.05, 0.1) is 11.9 Å². The third-order valence-electron chi connectivity index (χ3n) is 5.17. The van der Waals surface area contributed by atoms with Gasteiger partial charge in [-0.2, -0.15) is 0 Å². The van der Waals surface area contributed by atoms with Gasteiger partial charge < -0.3 is 19.9 Å². The number of anilines is 2. The van der Waals surface area contributed by atoms with Crippen molar-refractivity contribution in [3.05, 3.63) is 90.8 Å². The molecule has 0 aliphatic rings. The van der Waals surface area contributed by atoms with E-state index in [-0.39, 0.29) is 12.5 Å². The topological polar surface area (TPSA) is 99.4 Å². The van der Waals surface area contributed by atoms with Gasteiger partial charge in [0.25, 0.3) is 0 Å².